The van der Waals surface area contributed by atoms with Crippen LogP contribution in [0.25, 0.3) is 10.8 Å². The first kappa shape index (κ1) is 23.5. The summed E-state index contributed by atoms with van der Waals surface area (Å²) in [4.78, 5) is 35.3. The molecule has 3 unspecified atom stereocenters. The number of aromatic hydroxyl groups is 1. The molecular formula is C29H23BrN2O5. The number of carbonyl (C=O) groups excluding carboxylic acids is 2. The number of anilines is 2. The molecule has 2 aliphatic rings. The zero-order chi connectivity index (χ0) is 25.7. The summed E-state index contributed by atoms with van der Waals surface area (Å²) in [6.45, 7) is 2.18. The quantitative estimate of drug-likeness (QED) is 0.314. The minimum absolute atomic E-state index is 0.0291. The van der Waals surface area contributed by atoms with Crippen LogP contribution < -0.4 is 14.7 Å². The first-order valence-corrected chi connectivity index (χ1v) is 12.8. The van der Waals surface area contributed by atoms with Crippen molar-refractivity contribution in [1.29, 1.82) is 0 Å². The van der Waals surface area contributed by atoms with Crippen LogP contribution in [0.3, 0.4) is 0 Å². The molecule has 1 N–H and O–H groups in total. The minimum Gasteiger partial charge on any atom is -0.503 e. The molecule has 2 amide bonds. The Bertz CT molecular complexity index is 1520. The van der Waals surface area contributed by atoms with Gasteiger partial charge in [-0.25, -0.2) is 9.96 Å². The van der Waals surface area contributed by atoms with Crippen LogP contribution in [0.5, 0.6) is 11.5 Å². The van der Waals surface area contributed by atoms with Gasteiger partial charge in [-0.2, -0.15) is 0 Å². The van der Waals surface area contributed by atoms with Crippen molar-refractivity contribution in [3.8, 4) is 11.5 Å². The van der Waals surface area contributed by atoms with Gasteiger partial charge < -0.3 is 9.84 Å². The van der Waals surface area contributed by atoms with E-state index in [0.717, 1.165) is 10.8 Å². The number of hydroxylamine groups is 1. The van der Waals surface area contributed by atoms with Crippen LogP contribution in [0.15, 0.2) is 89.4 Å². The average Bonchev–Trinajstić information content (AvgIpc) is 3.42. The lowest BCUT2D eigenvalue weighted by atomic mass is 9.90. The van der Waals surface area contributed by atoms with E-state index < -0.39 is 24.0 Å². The number of carbonyl (C=O) groups is 2. The maximum absolute atomic E-state index is 14.1. The molecule has 37 heavy (non-hydrogen) atoms. The summed E-state index contributed by atoms with van der Waals surface area (Å²) in [5.41, 5.74) is 1.92. The van der Waals surface area contributed by atoms with E-state index in [9.17, 15) is 14.7 Å². The van der Waals surface area contributed by atoms with E-state index >= 15 is 0 Å². The van der Waals surface area contributed by atoms with Gasteiger partial charge in [0, 0.05) is 5.39 Å². The molecule has 186 valence electrons. The molecule has 4 aromatic rings. The molecule has 6 rings (SSSR count). The van der Waals surface area contributed by atoms with Crippen LogP contribution in [-0.4, -0.2) is 29.6 Å². The van der Waals surface area contributed by atoms with Crippen LogP contribution in [0.1, 0.15) is 18.5 Å². The molecule has 2 fully saturated rings. The number of hydrogen-bond acceptors (Lipinski definition) is 6. The van der Waals surface area contributed by atoms with Gasteiger partial charge in [-0.1, -0.05) is 54.6 Å². The fraction of sp³-hybridized carbons (Fsp3) is 0.172. The molecule has 0 aromatic heterocycles. The third-order valence-electron chi connectivity index (χ3n) is 6.83. The van der Waals surface area contributed by atoms with Gasteiger partial charge in [0.05, 0.1) is 28.5 Å². The third kappa shape index (κ3) is 3.75. The number of amides is 2. The largest absolute Gasteiger partial charge is 0.503 e. The van der Waals surface area contributed by atoms with Gasteiger partial charge in [0.15, 0.2) is 17.6 Å². The van der Waals surface area contributed by atoms with E-state index in [2.05, 4.69) is 15.9 Å². The highest BCUT2D eigenvalue weighted by Gasteiger charge is 2.60. The summed E-state index contributed by atoms with van der Waals surface area (Å²) >= 11 is 3.41. The van der Waals surface area contributed by atoms with Gasteiger partial charge in [0.25, 0.3) is 5.91 Å². The zero-order valence-corrected chi connectivity index (χ0v) is 21.5. The van der Waals surface area contributed by atoms with Gasteiger partial charge in [0.1, 0.15) is 5.92 Å². The van der Waals surface area contributed by atoms with Crippen molar-refractivity contribution < 1.29 is 24.3 Å². The molecule has 8 heteroatoms. The number of phenols is 1. The first-order chi connectivity index (χ1) is 18.0. The molecule has 2 aliphatic heterocycles. The van der Waals surface area contributed by atoms with Crippen LogP contribution in [0.4, 0.5) is 11.4 Å². The summed E-state index contributed by atoms with van der Waals surface area (Å²) in [5.74, 6) is -1.29. The van der Waals surface area contributed by atoms with E-state index in [1.165, 1.54) is 4.90 Å². The fourth-order valence-corrected chi connectivity index (χ4v) is 5.68. The van der Waals surface area contributed by atoms with Crippen LogP contribution in [0, 0.1) is 5.92 Å². The lowest BCUT2D eigenvalue weighted by molar-refractivity contribution is -0.126. The van der Waals surface area contributed by atoms with E-state index in [0.29, 0.717) is 28.0 Å². The molecule has 7 nitrogen and oxygen atoms in total. The fourth-order valence-electron chi connectivity index (χ4n) is 5.22. The Morgan fingerprint density at radius 2 is 1.68 bits per heavy atom. The second-order valence-electron chi connectivity index (χ2n) is 8.95. The SMILES string of the molecule is CCOc1cc(C2C3C(=O)N(c4cccc5ccccc45)C(=O)C3ON2c2ccccc2)cc(Br)c1O. The van der Waals surface area contributed by atoms with Gasteiger partial charge in [-0.15, -0.1) is 0 Å². The predicted octanol–water partition coefficient (Wildman–Crippen LogP) is 5.76. The van der Waals surface area contributed by atoms with Crippen molar-refractivity contribution in [2.24, 2.45) is 5.92 Å². The molecule has 0 spiro atoms. The van der Waals surface area contributed by atoms with Crippen molar-refractivity contribution >= 4 is 49.9 Å². The van der Waals surface area contributed by atoms with Crippen molar-refractivity contribution in [2.75, 3.05) is 16.6 Å². The number of hydrogen-bond donors (Lipinski definition) is 1. The molecule has 2 heterocycles. The topological polar surface area (TPSA) is 79.3 Å². The third-order valence-corrected chi connectivity index (χ3v) is 7.43. The molecular weight excluding hydrogens is 536 g/mol. The van der Waals surface area contributed by atoms with E-state index in [-0.39, 0.29) is 17.4 Å². The standard InChI is InChI=1S/C29H23BrN2O5/c1-2-36-23-16-18(15-21(30)26(23)33)25-24-27(37-32(25)19-11-4-3-5-12-19)29(35)31(28(24)34)22-14-8-10-17-9-6-7-13-20(17)22/h3-16,24-25,27,33H,2H2,1H3. The summed E-state index contributed by atoms with van der Waals surface area (Å²) in [6.07, 6.45) is -1.00. The maximum atomic E-state index is 14.1. The highest BCUT2D eigenvalue weighted by atomic mass is 79.9. The Balaban J connectivity index is 1.49. The monoisotopic (exact) mass is 558 g/mol. The summed E-state index contributed by atoms with van der Waals surface area (Å²) in [5, 5.41) is 13.9. The number of fused-ring (bicyclic) bond motifs is 2. The number of ether oxygens (including phenoxy) is 1. The molecule has 0 aliphatic carbocycles. The van der Waals surface area contributed by atoms with Crippen molar-refractivity contribution in [3.63, 3.8) is 0 Å². The molecule has 3 atom stereocenters. The minimum atomic E-state index is -1.00. The summed E-state index contributed by atoms with van der Waals surface area (Å²) in [7, 11) is 0. The lowest BCUT2D eigenvalue weighted by Crippen LogP contribution is -2.37. The maximum Gasteiger partial charge on any atom is 0.266 e. The van der Waals surface area contributed by atoms with E-state index in [4.69, 9.17) is 9.57 Å². The number of para-hydroxylation sites is 1. The Hall–Kier alpha value is -3.88. The number of halogens is 1. The van der Waals surface area contributed by atoms with Gasteiger partial charge in [-0.3, -0.25) is 14.4 Å². The number of imide groups is 1. The molecule has 0 saturated carbocycles. The smallest absolute Gasteiger partial charge is 0.266 e. The van der Waals surface area contributed by atoms with Gasteiger partial charge in [-0.05, 0) is 64.1 Å². The van der Waals surface area contributed by atoms with Gasteiger partial charge >= 0.3 is 0 Å². The van der Waals surface area contributed by atoms with Crippen molar-refractivity contribution in [2.45, 2.75) is 19.1 Å². The molecule has 2 saturated heterocycles. The number of benzene rings is 4. The highest BCUT2D eigenvalue weighted by molar-refractivity contribution is 9.10. The Morgan fingerprint density at radius 1 is 0.946 bits per heavy atom. The number of rotatable bonds is 5. The normalized spacial score (nSPS) is 21.1. The van der Waals surface area contributed by atoms with E-state index in [1.807, 2.05) is 73.7 Å². The average molecular weight is 559 g/mol. The van der Waals surface area contributed by atoms with Crippen molar-refractivity contribution in [3.05, 3.63) is 95.0 Å². The molecule has 4 aromatic carbocycles. The zero-order valence-electron chi connectivity index (χ0n) is 19.9. The Morgan fingerprint density at radius 3 is 2.46 bits per heavy atom. The van der Waals surface area contributed by atoms with Crippen molar-refractivity contribution in [1.82, 2.24) is 0 Å². The molecule has 0 bridgehead atoms. The van der Waals surface area contributed by atoms with Gasteiger partial charge in [0.2, 0.25) is 5.91 Å². The van der Waals surface area contributed by atoms with E-state index in [1.54, 1.807) is 23.3 Å². The second-order valence-corrected chi connectivity index (χ2v) is 9.80. The van der Waals surface area contributed by atoms with Crippen LogP contribution >= 0.6 is 15.9 Å². The lowest BCUT2D eigenvalue weighted by Gasteiger charge is -2.29. The second kappa shape index (κ2) is 9.21. The predicted molar refractivity (Wildman–Crippen MR) is 143 cm³/mol. The molecule has 0 radical (unpaired) electrons. The number of phenolic OH excluding ortho intramolecular Hbond substituents is 1. The van der Waals surface area contributed by atoms with Crippen LogP contribution in [0.2, 0.25) is 0 Å². The Labute approximate surface area is 221 Å². The first-order valence-electron chi connectivity index (χ1n) is 12.0. The number of nitrogens with zero attached hydrogens (tertiary/aromatic N) is 2. The summed E-state index contributed by atoms with van der Waals surface area (Å²) < 4.78 is 6.08. The highest BCUT2D eigenvalue weighted by Crippen LogP contribution is 2.50. The van der Waals surface area contributed by atoms with Crippen LogP contribution in [-0.2, 0) is 14.4 Å². The summed E-state index contributed by atoms with van der Waals surface area (Å²) in [6, 6.07) is 25.4. The Kier molecular flexibility index (Phi) is 5.85.